The molecule has 25 heavy (non-hydrogen) atoms. The number of nitrogens with two attached hydrogens (primary N) is 1. The first-order valence-corrected chi connectivity index (χ1v) is 8.08. The highest BCUT2D eigenvalue weighted by Crippen LogP contribution is 2.30. The average molecular weight is 364 g/mol. The molecule has 2 aromatic carbocycles. The lowest BCUT2D eigenvalue weighted by Crippen LogP contribution is -2.44. The highest BCUT2D eigenvalue weighted by Gasteiger charge is 2.28. The molecule has 2 N–H and O–H groups in total. The topological polar surface area (TPSA) is 78.0 Å². The summed E-state index contributed by atoms with van der Waals surface area (Å²) in [6.07, 6.45) is 0. The van der Waals surface area contributed by atoms with Gasteiger partial charge in [0, 0.05) is 19.0 Å². The molecule has 0 amide bonds. The zero-order valence-electron chi connectivity index (χ0n) is 13.7. The number of imidazole rings is 1. The van der Waals surface area contributed by atoms with E-state index in [9.17, 15) is 14.5 Å². The van der Waals surface area contributed by atoms with Crippen LogP contribution in [0.1, 0.15) is 12.7 Å². The van der Waals surface area contributed by atoms with E-state index in [2.05, 4.69) is 0 Å². The Balaban J connectivity index is 2.42. The highest BCUT2D eigenvalue weighted by molar-refractivity contribution is 6.32. The maximum absolute atomic E-state index is 14.5. The third-order valence-corrected chi connectivity index (χ3v) is 4.35. The Hall–Kier alpha value is -2.51. The predicted octanol–water partition coefficient (Wildman–Crippen LogP) is 3.27. The average Bonchev–Trinajstić information content (AvgIpc) is 2.79. The minimum absolute atomic E-state index is 0.0772. The monoisotopic (exact) mass is 363 g/mol. The van der Waals surface area contributed by atoms with Crippen LogP contribution in [-0.4, -0.2) is 15.5 Å². The molecule has 0 fully saturated rings. The standard InChI is InChI=1S/C17H17ClFN4O2/c1-10(20)9-21-11(2)22(17-13(18)4-3-5-14(17)19)16-8-12(23(24)25)6-7-15(16)21/h3-8,10H,9,20H2,1-2H3/q+1. The highest BCUT2D eigenvalue weighted by atomic mass is 35.5. The fraction of sp³-hybridized carbons (Fsp3) is 0.235. The molecule has 0 saturated carbocycles. The van der Waals surface area contributed by atoms with Gasteiger partial charge < -0.3 is 5.73 Å². The second-order valence-electron chi connectivity index (χ2n) is 5.97. The third kappa shape index (κ3) is 2.96. The molecule has 1 unspecified atom stereocenters. The molecule has 6 nitrogen and oxygen atoms in total. The van der Waals surface area contributed by atoms with Crippen LogP contribution in [0.4, 0.5) is 10.1 Å². The van der Waals surface area contributed by atoms with E-state index in [1.807, 2.05) is 11.5 Å². The van der Waals surface area contributed by atoms with E-state index in [1.165, 1.54) is 24.3 Å². The molecule has 3 rings (SSSR count). The first kappa shape index (κ1) is 17.3. The fourth-order valence-corrected chi connectivity index (χ4v) is 3.25. The molecule has 0 spiro atoms. The van der Waals surface area contributed by atoms with E-state index in [1.54, 1.807) is 23.6 Å². The number of nitro groups is 1. The zero-order valence-corrected chi connectivity index (χ0v) is 14.5. The molecule has 1 heterocycles. The number of hydrogen-bond donors (Lipinski definition) is 1. The van der Waals surface area contributed by atoms with Crippen molar-refractivity contribution in [3.8, 4) is 5.69 Å². The number of para-hydroxylation sites is 1. The van der Waals surface area contributed by atoms with Crippen LogP contribution in [0, 0.1) is 22.9 Å². The molecule has 0 saturated heterocycles. The predicted molar refractivity (Wildman–Crippen MR) is 93.5 cm³/mol. The van der Waals surface area contributed by atoms with E-state index in [0.29, 0.717) is 17.9 Å². The van der Waals surface area contributed by atoms with Gasteiger partial charge in [0.2, 0.25) is 0 Å². The van der Waals surface area contributed by atoms with Crippen LogP contribution in [0.2, 0.25) is 5.02 Å². The number of halogens is 2. The number of aromatic nitrogens is 2. The van der Waals surface area contributed by atoms with Crippen molar-refractivity contribution in [3.05, 3.63) is 63.2 Å². The van der Waals surface area contributed by atoms with Crippen LogP contribution in [0.3, 0.4) is 0 Å². The summed E-state index contributed by atoms with van der Waals surface area (Å²) in [6.45, 7) is 4.15. The van der Waals surface area contributed by atoms with E-state index in [4.69, 9.17) is 17.3 Å². The molecule has 0 aliphatic rings. The molecule has 130 valence electrons. The van der Waals surface area contributed by atoms with Gasteiger partial charge in [-0.25, -0.2) is 8.96 Å². The number of benzene rings is 2. The van der Waals surface area contributed by atoms with Crippen molar-refractivity contribution in [2.75, 3.05) is 0 Å². The summed E-state index contributed by atoms with van der Waals surface area (Å²) in [5, 5.41) is 11.4. The van der Waals surface area contributed by atoms with Crippen LogP contribution < -0.4 is 10.3 Å². The summed E-state index contributed by atoms with van der Waals surface area (Å²) in [5.74, 6) is 0.173. The Kier molecular flexibility index (Phi) is 4.45. The molecule has 0 aliphatic carbocycles. The summed E-state index contributed by atoms with van der Waals surface area (Å²) >= 11 is 6.23. The zero-order chi connectivity index (χ0) is 18.3. The van der Waals surface area contributed by atoms with Crippen LogP contribution in [0.25, 0.3) is 16.7 Å². The van der Waals surface area contributed by atoms with Gasteiger partial charge in [0.15, 0.2) is 22.5 Å². The summed E-state index contributed by atoms with van der Waals surface area (Å²) in [7, 11) is 0. The SMILES string of the molecule is Cc1n(-c2c(F)cccc2Cl)c2cc([N+](=O)[O-])ccc2[n+]1CC(C)N. The maximum atomic E-state index is 14.5. The summed E-state index contributed by atoms with van der Waals surface area (Å²) < 4.78 is 18.0. The lowest BCUT2D eigenvalue weighted by atomic mass is 10.2. The van der Waals surface area contributed by atoms with Crippen LogP contribution in [0.5, 0.6) is 0 Å². The Morgan fingerprint density at radius 3 is 2.72 bits per heavy atom. The lowest BCUT2D eigenvalue weighted by Gasteiger charge is -2.05. The Labute approximate surface area is 148 Å². The van der Waals surface area contributed by atoms with Gasteiger partial charge in [-0.05, 0) is 25.1 Å². The smallest absolute Gasteiger partial charge is 0.274 e. The van der Waals surface area contributed by atoms with E-state index >= 15 is 0 Å². The van der Waals surface area contributed by atoms with Gasteiger partial charge in [0.05, 0.1) is 16.0 Å². The van der Waals surface area contributed by atoms with Crippen molar-refractivity contribution < 1.29 is 13.9 Å². The normalized spacial score (nSPS) is 12.5. The number of rotatable bonds is 4. The van der Waals surface area contributed by atoms with E-state index < -0.39 is 10.7 Å². The molecule has 0 bridgehead atoms. The summed E-state index contributed by atoms with van der Waals surface area (Å²) in [5.41, 5.74) is 7.24. The van der Waals surface area contributed by atoms with Crippen molar-refractivity contribution in [1.82, 2.24) is 4.57 Å². The minimum Gasteiger partial charge on any atom is -0.325 e. The number of hydrogen-bond acceptors (Lipinski definition) is 3. The Bertz CT molecular complexity index is 964. The molecule has 8 heteroatoms. The van der Waals surface area contributed by atoms with Gasteiger partial charge in [-0.1, -0.05) is 17.7 Å². The van der Waals surface area contributed by atoms with Crippen molar-refractivity contribution in [2.24, 2.45) is 5.73 Å². The molecule has 0 aliphatic heterocycles. The van der Waals surface area contributed by atoms with Crippen molar-refractivity contribution >= 4 is 28.3 Å². The van der Waals surface area contributed by atoms with Gasteiger partial charge in [0.1, 0.15) is 6.54 Å². The number of non-ortho nitro benzene ring substituents is 1. The molecular weight excluding hydrogens is 347 g/mol. The number of nitrogens with zero attached hydrogens (tertiary/aromatic N) is 3. The lowest BCUT2D eigenvalue weighted by molar-refractivity contribution is -0.679. The quantitative estimate of drug-likeness (QED) is 0.439. The van der Waals surface area contributed by atoms with Crippen LogP contribution >= 0.6 is 11.6 Å². The second kappa shape index (κ2) is 6.42. The second-order valence-corrected chi connectivity index (χ2v) is 6.38. The van der Waals surface area contributed by atoms with E-state index in [-0.39, 0.29) is 22.4 Å². The summed E-state index contributed by atoms with van der Waals surface area (Å²) in [4.78, 5) is 10.7. The molecule has 1 atom stereocenters. The molecule has 0 radical (unpaired) electrons. The van der Waals surface area contributed by atoms with E-state index in [0.717, 1.165) is 5.52 Å². The number of nitro benzene ring substituents is 1. The third-order valence-electron chi connectivity index (χ3n) is 4.05. The van der Waals surface area contributed by atoms with Crippen LogP contribution in [0.15, 0.2) is 36.4 Å². The first-order valence-electron chi connectivity index (χ1n) is 7.70. The number of fused-ring (bicyclic) bond motifs is 1. The van der Waals surface area contributed by atoms with Gasteiger partial charge in [0.25, 0.3) is 11.5 Å². The molecular formula is C17H17ClFN4O2+. The fourth-order valence-electron chi connectivity index (χ4n) is 3.01. The first-order chi connectivity index (χ1) is 11.8. The van der Waals surface area contributed by atoms with Gasteiger partial charge in [-0.2, -0.15) is 4.57 Å². The largest absolute Gasteiger partial charge is 0.325 e. The van der Waals surface area contributed by atoms with Crippen LogP contribution in [-0.2, 0) is 6.54 Å². The molecule has 1 aromatic heterocycles. The molecule has 3 aromatic rings. The Morgan fingerprint density at radius 2 is 2.12 bits per heavy atom. The van der Waals surface area contributed by atoms with Gasteiger partial charge in [-0.3, -0.25) is 10.1 Å². The van der Waals surface area contributed by atoms with Gasteiger partial charge in [-0.15, -0.1) is 0 Å². The summed E-state index contributed by atoms with van der Waals surface area (Å²) in [6, 6.07) is 8.75. The van der Waals surface area contributed by atoms with Gasteiger partial charge >= 0.3 is 0 Å². The van der Waals surface area contributed by atoms with Crippen molar-refractivity contribution in [2.45, 2.75) is 26.4 Å². The van der Waals surface area contributed by atoms with Crippen molar-refractivity contribution in [3.63, 3.8) is 0 Å². The minimum atomic E-state index is -0.507. The van der Waals surface area contributed by atoms with Crippen molar-refractivity contribution in [1.29, 1.82) is 0 Å². The Morgan fingerprint density at radius 1 is 1.40 bits per heavy atom. The maximum Gasteiger partial charge on any atom is 0.274 e.